The molecule has 0 aliphatic heterocycles. The molecule has 76 valence electrons. The van der Waals surface area contributed by atoms with Crippen LogP contribution >= 0.6 is 12.2 Å². The molecule has 6 heteroatoms. The maximum absolute atomic E-state index is 12.1. The summed E-state index contributed by atoms with van der Waals surface area (Å²) in [4.78, 5) is 1.20. The highest BCUT2D eigenvalue weighted by Gasteiger charge is 2.38. The van der Waals surface area contributed by atoms with Crippen LogP contribution in [0.3, 0.4) is 0 Å². The first-order valence-corrected chi connectivity index (χ1v) is 4.40. The van der Waals surface area contributed by atoms with Crippen molar-refractivity contribution in [1.29, 1.82) is 0 Å². The first kappa shape index (κ1) is 10.6. The van der Waals surface area contributed by atoms with E-state index in [1.54, 1.807) is 0 Å². The summed E-state index contributed by atoms with van der Waals surface area (Å²) in [5.41, 5.74) is 0. The Labute approximate surface area is 80.1 Å². The van der Waals surface area contributed by atoms with Gasteiger partial charge in [0.05, 0.1) is 0 Å². The maximum atomic E-state index is 12.1. The van der Waals surface area contributed by atoms with Gasteiger partial charge in [0, 0.05) is 13.1 Å². The summed E-state index contributed by atoms with van der Waals surface area (Å²) in [5.74, 6) is 0. The van der Waals surface area contributed by atoms with E-state index in [1.807, 2.05) is 0 Å². The fourth-order valence-electron chi connectivity index (χ4n) is 1.09. The summed E-state index contributed by atoms with van der Waals surface area (Å²) in [6, 6.07) is -0.0124. The molecular formula is C7H11F3N2S. The standard InChI is InChI=1S/C7H11F3N2S/c1-11-6(13)12(5-2-3-5)4-7(8,9)10/h5H,2-4H2,1H3,(H,11,13). The van der Waals surface area contributed by atoms with E-state index in [4.69, 9.17) is 12.2 Å². The number of alkyl halides is 3. The Balaban J connectivity index is 2.52. The third-order valence-electron chi connectivity index (χ3n) is 1.81. The molecule has 1 N–H and O–H groups in total. The molecule has 0 saturated heterocycles. The van der Waals surface area contributed by atoms with Crippen molar-refractivity contribution >= 4 is 17.3 Å². The molecule has 0 heterocycles. The number of nitrogens with zero attached hydrogens (tertiary/aromatic N) is 1. The molecule has 13 heavy (non-hydrogen) atoms. The van der Waals surface area contributed by atoms with Gasteiger partial charge in [-0.3, -0.25) is 0 Å². The number of rotatable bonds is 2. The van der Waals surface area contributed by atoms with Crippen molar-refractivity contribution < 1.29 is 13.2 Å². The Morgan fingerprint density at radius 1 is 1.54 bits per heavy atom. The average Bonchev–Trinajstić information content (AvgIpc) is 2.79. The Kier molecular flexibility index (Phi) is 3.00. The molecule has 0 radical (unpaired) electrons. The zero-order valence-electron chi connectivity index (χ0n) is 7.19. The van der Waals surface area contributed by atoms with Crippen molar-refractivity contribution in [3.05, 3.63) is 0 Å². The van der Waals surface area contributed by atoms with Gasteiger partial charge in [0.1, 0.15) is 6.54 Å². The average molecular weight is 212 g/mol. The van der Waals surface area contributed by atoms with Crippen LogP contribution in [0.5, 0.6) is 0 Å². The van der Waals surface area contributed by atoms with E-state index in [-0.39, 0.29) is 11.2 Å². The monoisotopic (exact) mass is 212 g/mol. The zero-order chi connectivity index (χ0) is 10.1. The van der Waals surface area contributed by atoms with E-state index in [1.165, 1.54) is 11.9 Å². The molecule has 2 nitrogen and oxygen atoms in total. The molecule has 0 atom stereocenters. The van der Waals surface area contributed by atoms with E-state index in [0.717, 1.165) is 12.8 Å². The third kappa shape index (κ3) is 3.38. The second kappa shape index (κ2) is 3.69. The lowest BCUT2D eigenvalue weighted by Gasteiger charge is -2.25. The normalized spacial score (nSPS) is 16.9. The highest BCUT2D eigenvalue weighted by Crippen LogP contribution is 2.29. The molecule has 0 aromatic rings. The van der Waals surface area contributed by atoms with Gasteiger partial charge in [0.25, 0.3) is 0 Å². The van der Waals surface area contributed by atoms with Crippen molar-refractivity contribution in [2.24, 2.45) is 0 Å². The van der Waals surface area contributed by atoms with Gasteiger partial charge in [0.2, 0.25) is 0 Å². The van der Waals surface area contributed by atoms with E-state index >= 15 is 0 Å². The van der Waals surface area contributed by atoms with Gasteiger partial charge in [-0.25, -0.2) is 0 Å². The largest absolute Gasteiger partial charge is 0.406 e. The Bertz CT molecular complexity index is 200. The topological polar surface area (TPSA) is 15.3 Å². The number of halogens is 3. The van der Waals surface area contributed by atoms with Crippen LogP contribution in [0.25, 0.3) is 0 Å². The molecular weight excluding hydrogens is 201 g/mol. The fourth-order valence-corrected chi connectivity index (χ4v) is 1.30. The van der Waals surface area contributed by atoms with E-state index in [2.05, 4.69) is 5.32 Å². The van der Waals surface area contributed by atoms with Gasteiger partial charge < -0.3 is 10.2 Å². The molecule has 1 aliphatic rings. The first-order chi connectivity index (χ1) is 5.94. The van der Waals surface area contributed by atoms with Gasteiger partial charge in [-0.1, -0.05) is 0 Å². The minimum atomic E-state index is -4.18. The molecule has 0 spiro atoms. The molecule has 0 bridgehead atoms. The number of thiocarbonyl (C=S) groups is 1. The molecule has 1 fully saturated rings. The SMILES string of the molecule is CNC(=S)N(CC(F)(F)F)C1CC1. The van der Waals surface area contributed by atoms with Gasteiger partial charge >= 0.3 is 6.18 Å². The van der Waals surface area contributed by atoms with Crippen molar-refractivity contribution in [3.63, 3.8) is 0 Å². The summed E-state index contributed by atoms with van der Waals surface area (Å²) < 4.78 is 36.2. The Hall–Kier alpha value is -0.520. The van der Waals surface area contributed by atoms with Gasteiger partial charge in [0.15, 0.2) is 5.11 Å². The van der Waals surface area contributed by atoms with E-state index < -0.39 is 12.7 Å². The van der Waals surface area contributed by atoms with E-state index in [9.17, 15) is 13.2 Å². The number of hydrogen-bond acceptors (Lipinski definition) is 1. The van der Waals surface area contributed by atoms with Crippen molar-refractivity contribution in [3.8, 4) is 0 Å². The predicted octanol–water partition coefficient (Wildman–Crippen LogP) is 1.52. The smallest absolute Gasteiger partial charge is 0.366 e. The first-order valence-electron chi connectivity index (χ1n) is 3.99. The molecule has 1 saturated carbocycles. The predicted molar refractivity (Wildman–Crippen MR) is 47.4 cm³/mol. The van der Waals surface area contributed by atoms with Gasteiger partial charge in [-0.2, -0.15) is 13.2 Å². The lowest BCUT2D eigenvalue weighted by atomic mass is 10.5. The molecule has 0 unspecified atom stereocenters. The van der Waals surface area contributed by atoms with Crippen LogP contribution in [0, 0.1) is 0 Å². The minimum Gasteiger partial charge on any atom is -0.366 e. The van der Waals surface area contributed by atoms with Crippen molar-refractivity contribution in [1.82, 2.24) is 10.2 Å². The third-order valence-corrected chi connectivity index (χ3v) is 2.25. The molecule has 1 aliphatic carbocycles. The Morgan fingerprint density at radius 3 is 2.38 bits per heavy atom. The molecule has 0 aromatic carbocycles. The van der Waals surface area contributed by atoms with Crippen LogP contribution in [0.1, 0.15) is 12.8 Å². The Morgan fingerprint density at radius 2 is 2.08 bits per heavy atom. The summed E-state index contributed by atoms with van der Waals surface area (Å²) in [5, 5.41) is 2.75. The number of hydrogen-bond donors (Lipinski definition) is 1. The van der Waals surface area contributed by atoms with Crippen molar-refractivity contribution in [2.45, 2.75) is 25.1 Å². The summed E-state index contributed by atoms with van der Waals surface area (Å²) >= 11 is 4.78. The van der Waals surface area contributed by atoms with E-state index in [0.29, 0.717) is 0 Å². The van der Waals surface area contributed by atoms with Crippen LogP contribution < -0.4 is 5.32 Å². The minimum absolute atomic E-state index is 0.0124. The van der Waals surface area contributed by atoms with Crippen LogP contribution in [0.15, 0.2) is 0 Å². The number of nitrogens with one attached hydrogen (secondary N) is 1. The highest BCUT2D eigenvalue weighted by molar-refractivity contribution is 7.80. The van der Waals surface area contributed by atoms with Gasteiger partial charge in [-0.05, 0) is 25.1 Å². The van der Waals surface area contributed by atoms with Crippen LogP contribution in [-0.2, 0) is 0 Å². The van der Waals surface area contributed by atoms with Gasteiger partial charge in [-0.15, -0.1) is 0 Å². The second-order valence-corrected chi connectivity index (χ2v) is 3.42. The second-order valence-electron chi connectivity index (χ2n) is 3.03. The summed E-state index contributed by atoms with van der Waals surface area (Å²) in [6.45, 7) is -0.947. The highest BCUT2D eigenvalue weighted by atomic mass is 32.1. The lowest BCUT2D eigenvalue weighted by molar-refractivity contribution is -0.138. The van der Waals surface area contributed by atoms with Crippen LogP contribution in [-0.4, -0.2) is 35.8 Å². The van der Waals surface area contributed by atoms with Crippen LogP contribution in [0.4, 0.5) is 13.2 Å². The molecule has 1 rings (SSSR count). The maximum Gasteiger partial charge on any atom is 0.406 e. The molecule has 0 aromatic heterocycles. The van der Waals surface area contributed by atoms with Crippen molar-refractivity contribution in [2.75, 3.05) is 13.6 Å². The summed E-state index contributed by atoms with van der Waals surface area (Å²) in [7, 11) is 1.54. The zero-order valence-corrected chi connectivity index (χ0v) is 8.00. The fraction of sp³-hybridized carbons (Fsp3) is 0.857. The quantitative estimate of drug-likeness (QED) is 0.699. The molecule has 0 amide bonds. The lowest BCUT2D eigenvalue weighted by Crippen LogP contribution is -2.44. The summed E-state index contributed by atoms with van der Waals surface area (Å²) in [6.07, 6.45) is -2.57. The van der Waals surface area contributed by atoms with Crippen LogP contribution in [0.2, 0.25) is 0 Å².